The van der Waals surface area contributed by atoms with Crippen molar-refractivity contribution in [1.29, 1.82) is 0 Å². The zero-order chi connectivity index (χ0) is 28.5. The lowest BCUT2D eigenvalue weighted by Crippen LogP contribution is -2.53. The Bertz CT molecular complexity index is 1060. The first-order valence-electron chi connectivity index (χ1n) is 13.4. The standard InChI is InChI=1S/C27H40N6O6/c1-18(2)24-26(37)28-10-15-39-21-9-6-5-8-19(21)25(36)29-20(16-23(35)32(4)17-22(34)30-24)27(38)33-12-7-11-31(3)13-14-33/h5-6,8-9,18,20,24H,7,10-17H2,1-4H3,(H,28,37)(H,29,36)(H,30,34)/t20-,24+/m0/s1. The van der Waals surface area contributed by atoms with Gasteiger partial charge in [0.15, 0.2) is 0 Å². The molecular weight excluding hydrogens is 504 g/mol. The Kier molecular flexibility index (Phi) is 10.7. The molecule has 0 unspecified atom stereocenters. The monoisotopic (exact) mass is 544 g/mol. The van der Waals surface area contributed by atoms with Crippen molar-refractivity contribution in [3.63, 3.8) is 0 Å². The lowest BCUT2D eigenvalue weighted by atomic mass is 10.0. The van der Waals surface area contributed by atoms with Gasteiger partial charge in [-0.3, -0.25) is 24.0 Å². The molecule has 0 bridgehead atoms. The average molecular weight is 545 g/mol. The van der Waals surface area contributed by atoms with Crippen molar-refractivity contribution in [3.05, 3.63) is 29.8 Å². The van der Waals surface area contributed by atoms with Crippen LogP contribution in [0.4, 0.5) is 0 Å². The molecule has 12 heteroatoms. The molecule has 2 heterocycles. The average Bonchev–Trinajstić information content (AvgIpc) is 3.12. The van der Waals surface area contributed by atoms with E-state index in [-0.39, 0.29) is 55.2 Å². The highest BCUT2D eigenvalue weighted by atomic mass is 16.5. The maximum absolute atomic E-state index is 13.6. The number of nitrogens with zero attached hydrogens (tertiary/aromatic N) is 3. The first-order chi connectivity index (χ1) is 18.6. The number of para-hydroxylation sites is 1. The minimum absolute atomic E-state index is 0.0830. The van der Waals surface area contributed by atoms with Gasteiger partial charge < -0.3 is 35.4 Å². The predicted octanol–water partition coefficient (Wildman–Crippen LogP) is -0.553. The van der Waals surface area contributed by atoms with Crippen LogP contribution in [0.2, 0.25) is 0 Å². The van der Waals surface area contributed by atoms with Crippen molar-refractivity contribution in [2.75, 3.05) is 60.0 Å². The van der Waals surface area contributed by atoms with Gasteiger partial charge in [0.05, 0.1) is 25.1 Å². The Hall–Kier alpha value is -3.67. The molecule has 0 saturated carbocycles. The van der Waals surface area contributed by atoms with E-state index in [1.807, 2.05) is 20.9 Å². The van der Waals surface area contributed by atoms with Crippen LogP contribution >= 0.6 is 0 Å². The summed E-state index contributed by atoms with van der Waals surface area (Å²) in [5, 5.41) is 8.19. The number of ether oxygens (including phenoxy) is 1. The fourth-order valence-electron chi connectivity index (χ4n) is 4.54. The maximum atomic E-state index is 13.6. The number of rotatable bonds is 2. The van der Waals surface area contributed by atoms with E-state index in [2.05, 4.69) is 20.9 Å². The highest BCUT2D eigenvalue weighted by Crippen LogP contribution is 2.19. The molecule has 1 fully saturated rings. The Morgan fingerprint density at radius 2 is 1.74 bits per heavy atom. The minimum atomic E-state index is -1.13. The molecule has 3 rings (SSSR count). The molecule has 1 aromatic rings. The molecule has 0 aromatic heterocycles. The lowest BCUT2D eigenvalue weighted by molar-refractivity contribution is -0.140. The van der Waals surface area contributed by atoms with Crippen molar-refractivity contribution in [3.8, 4) is 5.75 Å². The van der Waals surface area contributed by atoms with Gasteiger partial charge in [-0.25, -0.2) is 0 Å². The first-order valence-corrected chi connectivity index (χ1v) is 13.4. The van der Waals surface area contributed by atoms with Crippen molar-refractivity contribution < 1.29 is 28.7 Å². The summed E-state index contributed by atoms with van der Waals surface area (Å²) in [4.78, 5) is 70.6. The smallest absolute Gasteiger partial charge is 0.255 e. The molecule has 12 nitrogen and oxygen atoms in total. The Morgan fingerprint density at radius 3 is 2.49 bits per heavy atom. The van der Waals surface area contributed by atoms with Gasteiger partial charge in [-0.05, 0) is 38.1 Å². The van der Waals surface area contributed by atoms with E-state index in [9.17, 15) is 24.0 Å². The van der Waals surface area contributed by atoms with Gasteiger partial charge in [0, 0.05) is 26.7 Å². The van der Waals surface area contributed by atoms with Crippen LogP contribution in [0, 0.1) is 5.92 Å². The van der Waals surface area contributed by atoms with Crippen LogP contribution in [0.15, 0.2) is 24.3 Å². The molecule has 2 atom stereocenters. The molecular formula is C27H40N6O6. The number of nitrogens with one attached hydrogen (secondary N) is 3. The molecule has 5 amide bonds. The summed E-state index contributed by atoms with van der Waals surface area (Å²) >= 11 is 0. The second-order valence-electron chi connectivity index (χ2n) is 10.4. The summed E-state index contributed by atoms with van der Waals surface area (Å²) in [5.41, 5.74) is 0.208. The van der Waals surface area contributed by atoms with Gasteiger partial charge in [0.1, 0.15) is 24.4 Å². The highest BCUT2D eigenvalue weighted by Gasteiger charge is 2.32. The number of hydrogen-bond acceptors (Lipinski definition) is 7. The van der Waals surface area contributed by atoms with Gasteiger partial charge in [0.25, 0.3) is 5.91 Å². The largest absolute Gasteiger partial charge is 0.491 e. The lowest BCUT2D eigenvalue weighted by Gasteiger charge is -2.28. The van der Waals surface area contributed by atoms with Gasteiger partial charge in [-0.1, -0.05) is 26.0 Å². The van der Waals surface area contributed by atoms with Crippen molar-refractivity contribution in [1.82, 2.24) is 30.7 Å². The molecule has 0 aliphatic carbocycles. The summed E-state index contributed by atoms with van der Waals surface area (Å²) < 4.78 is 5.79. The summed E-state index contributed by atoms with van der Waals surface area (Å²) in [7, 11) is 3.44. The molecule has 2 aliphatic heterocycles. The van der Waals surface area contributed by atoms with Crippen LogP contribution in [0.1, 0.15) is 37.0 Å². The number of carbonyl (C=O) groups excluding carboxylic acids is 5. The van der Waals surface area contributed by atoms with Crippen LogP contribution in [0.5, 0.6) is 5.75 Å². The summed E-state index contributed by atoms with van der Waals surface area (Å²) in [6.45, 7) is 6.06. The van der Waals surface area contributed by atoms with Crippen molar-refractivity contribution in [2.45, 2.75) is 38.8 Å². The fraction of sp³-hybridized carbons (Fsp3) is 0.593. The zero-order valence-corrected chi connectivity index (χ0v) is 23.2. The molecule has 0 radical (unpaired) electrons. The van der Waals surface area contributed by atoms with E-state index >= 15 is 0 Å². The van der Waals surface area contributed by atoms with E-state index in [0.717, 1.165) is 13.0 Å². The van der Waals surface area contributed by atoms with E-state index in [1.54, 1.807) is 29.2 Å². The number of fused-ring (bicyclic) bond motifs is 1. The third-order valence-corrected chi connectivity index (χ3v) is 6.88. The normalized spacial score (nSPS) is 23.1. The van der Waals surface area contributed by atoms with Gasteiger partial charge >= 0.3 is 0 Å². The fourth-order valence-corrected chi connectivity index (χ4v) is 4.54. The zero-order valence-electron chi connectivity index (χ0n) is 23.2. The predicted molar refractivity (Wildman–Crippen MR) is 144 cm³/mol. The number of likely N-dealkylation sites (N-methyl/N-ethyl adjacent to an activating group) is 2. The molecule has 2 aliphatic rings. The summed E-state index contributed by atoms with van der Waals surface area (Å²) in [6, 6.07) is 4.66. The Morgan fingerprint density at radius 1 is 1.00 bits per heavy atom. The second-order valence-corrected chi connectivity index (χ2v) is 10.4. The van der Waals surface area contributed by atoms with Crippen LogP contribution in [0.3, 0.4) is 0 Å². The number of benzene rings is 1. The van der Waals surface area contributed by atoms with Crippen LogP contribution < -0.4 is 20.7 Å². The third-order valence-electron chi connectivity index (χ3n) is 6.88. The van der Waals surface area contributed by atoms with Crippen LogP contribution in [0.25, 0.3) is 0 Å². The second kappa shape index (κ2) is 13.9. The van der Waals surface area contributed by atoms with Gasteiger partial charge in [-0.2, -0.15) is 0 Å². The Labute approximate surface area is 229 Å². The molecule has 214 valence electrons. The van der Waals surface area contributed by atoms with E-state index in [1.165, 1.54) is 11.9 Å². The summed E-state index contributed by atoms with van der Waals surface area (Å²) in [6.07, 6.45) is 0.454. The third kappa shape index (κ3) is 8.41. The van der Waals surface area contributed by atoms with Gasteiger partial charge in [0.2, 0.25) is 23.6 Å². The quantitative estimate of drug-likeness (QED) is 0.454. The molecule has 1 saturated heterocycles. The number of hydrogen-bond donors (Lipinski definition) is 3. The Balaban J connectivity index is 1.89. The molecule has 39 heavy (non-hydrogen) atoms. The summed E-state index contributed by atoms with van der Waals surface area (Å²) in [5.74, 6) is -2.19. The molecule has 3 N–H and O–H groups in total. The van der Waals surface area contributed by atoms with E-state index < -0.39 is 29.8 Å². The first kappa shape index (κ1) is 29.9. The highest BCUT2D eigenvalue weighted by molar-refractivity contribution is 6.01. The SMILES string of the molecule is CC(C)[C@H]1NC(=O)CN(C)C(=O)C[C@@H](C(=O)N2CCCN(C)CC2)NC(=O)c2ccccc2OCCNC1=O. The number of carbonyl (C=O) groups is 5. The van der Waals surface area contributed by atoms with E-state index in [0.29, 0.717) is 19.6 Å². The number of amides is 5. The molecule has 0 spiro atoms. The topological polar surface area (TPSA) is 140 Å². The maximum Gasteiger partial charge on any atom is 0.255 e. The molecule has 1 aromatic carbocycles. The van der Waals surface area contributed by atoms with Gasteiger partial charge in [-0.15, -0.1) is 0 Å². The van der Waals surface area contributed by atoms with E-state index in [4.69, 9.17) is 4.74 Å². The van der Waals surface area contributed by atoms with Crippen LogP contribution in [-0.4, -0.2) is 116 Å². The minimum Gasteiger partial charge on any atom is -0.491 e. The van der Waals surface area contributed by atoms with Crippen LogP contribution in [-0.2, 0) is 19.2 Å². The van der Waals surface area contributed by atoms with Crippen molar-refractivity contribution in [2.24, 2.45) is 5.92 Å². The van der Waals surface area contributed by atoms with Crippen molar-refractivity contribution >= 4 is 29.5 Å².